The number of halogens is 6. The zero-order chi connectivity index (χ0) is 31.5. The van der Waals surface area contributed by atoms with Crippen LogP contribution in [-0.2, 0) is 6.18 Å². The van der Waals surface area contributed by atoms with Crippen molar-refractivity contribution < 1.29 is 31.1 Å². The summed E-state index contributed by atoms with van der Waals surface area (Å²) in [5, 5.41) is 9.32. The van der Waals surface area contributed by atoms with Gasteiger partial charge in [-0.2, -0.15) is 28.4 Å². The first-order valence-corrected chi connectivity index (χ1v) is 15.5. The molecular formula is C31H26F6N6OS. The van der Waals surface area contributed by atoms with E-state index < -0.39 is 46.2 Å². The summed E-state index contributed by atoms with van der Waals surface area (Å²) < 4.78 is 96.2. The Kier molecular flexibility index (Phi) is 6.10. The first-order chi connectivity index (χ1) is 21.4. The Morgan fingerprint density at radius 3 is 2.64 bits per heavy atom. The number of nitrogens with two attached hydrogens (primary N) is 1. The number of alkyl halides is 4. The highest BCUT2D eigenvalue weighted by Crippen LogP contribution is 2.55. The summed E-state index contributed by atoms with van der Waals surface area (Å²) in [5.41, 5.74) is 2.33. The fourth-order valence-corrected chi connectivity index (χ4v) is 8.50. The molecule has 0 radical (unpaired) electrons. The zero-order valence-electron chi connectivity index (χ0n) is 23.8. The van der Waals surface area contributed by atoms with Crippen LogP contribution in [0.2, 0.25) is 0 Å². The lowest BCUT2D eigenvalue weighted by molar-refractivity contribution is -0.137. The van der Waals surface area contributed by atoms with Crippen molar-refractivity contribution in [2.45, 2.75) is 50.0 Å². The van der Waals surface area contributed by atoms with Gasteiger partial charge in [0, 0.05) is 47.8 Å². The number of hydrogen-bond acceptors (Lipinski definition) is 8. The second-order valence-corrected chi connectivity index (χ2v) is 13.9. The topological polar surface area (TPSA) is 91.3 Å². The van der Waals surface area contributed by atoms with E-state index in [1.165, 1.54) is 0 Å². The third-order valence-corrected chi connectivity index (χ3v) is 11.0. The minimum Gasteiger partial charge on any atom is -0.461 e. The molecule has 3 aliphatic heterocycles. The molecule has 1 saturated carbocycles. The summed E-state index contributed by atoms with van der Waals surface area (Å²) in [6.45, 7) is 2.19. The Labute approximate surface area is 257 Å². The average molecular weight is 645 g/mol. The van der Waals surface area contributed by atoms with Crippen LogP contribution >= 0.6 is 11.3 Å². The van der Waals surface area contributed by atoms with Gasteiger partial charge in [0.1, 0.15) is 41.0 Å². The van der Waals surface area contributed by atoms with Crippen molar-refractivity contribution in [3.05, 3.63) is 41.0 Å². The van der Waals surface area contributed by atoms with Crippen LogP contribution in [0.3, 0.4) is 0 Å². The van der Waals surface area contributed by atoms with Gasteiger partial charge < -0.3 is 15.4 Å². The van der Waals surface area contributed by atoms with Crippen molar-refractivity contribution >= 4 is 43.1 Å². The molecule has 1 aliphatic carbocycles. The molecule has 3 saturated heterocycles. The quantitative estimate of drug-likeness (QED) is 0.239. The Balaban J connectivity index is 1.33. The van der Waals surface area contributed by atoms with Crippen LogP contribution < -0.4 is 15.4 Å². The Morgan fingerprint density at radius 2 is 1.93 bits per heavy atom. The Bertz CT molecular complexity index is 1940. The maximum atomic E-state index is 16.8. The van der Waals surface area contributed by atoms with Gasteiger partial charge in [0.15, 0.2) is 5.82 Å². The molecule has 2 unspecified atom stereocenters. The lowest BCUT2D eigenvalue weighted by atomic mass is 9.91. The van der Waals surface area contributed by atoms with Crippen molar-refractivity contribution in [2.24, 2.45) is 5.41 Å². The van der Waals surface area contributed by atoms with Gasteiger partial charge in [0.25, 0.3) is 0 Å². The SMILES string of the molecule is N#Cc1c(N)sc2c(F)ccc(-c3c(C(F)(F)F)cc4c(N5CC6(CC6)C5)nc(OCC56CCCN5CC(F)C6)nc4c3F)c12. The van der Waals surface area contributed by atoms with Gasteiger partial charge in [-0.15, -0.1) is 11.3 Å². The van der Waals surface area contributed by atoms with E-state index in [2.05, 4.69) is 9.97 Å². The van der Waals surface area contributed by atoms with Gasteiger partial charge in [-0.3, -0.25) is 4.90 Å². The first kappa shape index (κ1) is 28.6. The zero-order valence-corrected chi connectivity index (χ0v) is 24.6. The minimum atomic E-state index is -5.03. The van der Waals surface area contributed by atoms with Gasteiger partial charge >= 0.3 is 12.2 Å². The summed E-state index contributed by atoms with van der Waals surface area (Å²) in [5.74, 6) is -1.97. The van der Waals surface area contributed by atoms with Crippen molar-refractivity contribution in [1.29, 1.82) is 5.26 Å². The van der Waals surface area contributed by atoms with Crippen LogP contribution in [-0.4, -0.2) is 59.4 Å². The molecule has 2 N–H and O–H groups in total. The number of benzene rings is 2. The minimum absolute atomic E-state index is 0.0513. The summed E-state index contributed by atoms with van der Waals surface area (Å²) >= 11 is 0.706. The fraction of sp³-hybridized carbons (Fsp3) is 0.452. The van der Waals surface area contributed by atoms with Crippen molar-refractivity contribution in [2.75, 3.05) is 43.4 Å². The maximum absolute atomic E-state index is 16.8. The lowest BCUT2D eigenvalue weighted by Crippen LogP contribution is -2.49. The van der Waals surface area contributed by atoms with E-state index in [0.717, 1.165) is 44.0 Å². The summed E-state index contributed by atoms with van der Waals surface area (Å²) in [6.07, 6.45) is -2.18. The highest BCUT2D eigenvalue weighted by atomic mass is 32.1. The van der Waals surface area contributed by atoms with E-state index in [4.69, 9.17) is 10.5 Å². The predicted octanol–water partition coefficient (Wildman–Crippen LogP) is 6.82. The first-order valence-electron chi connectivity index (χ1n) is 14.7. The summed E-state index contributed by atoms with van der Waals surface area (Å²) in [7, 11) is 0. The number of fused-ring (bicyclic) bond motifs is 3. The van der Waals surface area contributed by atoms with Crippen LogP contribution in [0.15, 0.2) is 18.2 Å². The Hall–Kier alpha value is -3.83. The smallest absolute Gasteiger partial charge is 0.417 e. The molecule has 2 atom stereocenters. The number of ether oxygens (including phenoxy) is 1. The van der Waals surface area contributed by atoms with Gasteiger partial charge in [-0.05, 0) is 49.9 Å². The second-order valence-electron chi connectivity index (χ2n) is 12.8. The van der Waals surface area contributed by atoms with Gasteiger partial charge in [-0.1, -0.05) is 6.07 Å². The molecule has 4 fully saturated rings. The standard InChI is InChI=1S/C31H26F6N6OS/c32-15-9-30(4-1-7-43(30)11-15)14-44-28-40-24-17(27(41-28)42-12-29(13-42)5-6-29)8-19(31(35,36)37)22(23(24)34)16-2-3-20(33)25-21(16)18(10-38)26(39)45-25/h2-3,8,15H,1,4-7,9,11-14,39H2. The van der Waals surface area contributed by atoms with Crippen LogP contribution in [0.25, 0.3) is 32.1 Å². The normalized spacial score (nSPS) is 23.9. The number of thiophene rings is 1. The third-order valence-electron chi connectivity index (χ3n) is 9.94. The summed E-state index contributed by atoms with van der Waals surface area (Å²) in [4.78, 5) is 12.6. The number of rotatable bonds is 5. The molecule has 45 heavy (non-hydrogen) atoms. The van der Waals surface area contributed by atoms with Crippen molar-refractivity contribution in [3.63, 3.8) is 0 Å². The number of nitriles is 1. The predicted molar refractivity (Wildman–Crippen MR) is 157 cm³/mol. The van der Waals surface area contributed by atoms with Gasteiger partial charge in [0.2, 0.25) is 0 Å². The van der Waals surface area contributed by atoms with Crippen molar-refractivity contribution in [1.82, 2.24) is 14.9 Å². The van der Waals surface area contributed by atoms with Gasteiger partial charge in [0.05, 0.1) is 21.4 Å². The molecule has 0 amide bonds. The maximum Gasteiger partial charge on any atom is 0.417 e. The van der Waals surface area contributed by atoms with Crippen LogP contribution in [0.5, 0.6) is 6.01 Å². The molecule has 4 aliphatic rings. The molecule has 5 heterocycles. The third kappa shape index (κ3) is 4.34. The highest BCUT2D eigenvalue weighted by Gasteiger charge is 2.53. The van der Waals surface area contributed by atoms with Crippen LogP contribution in [0, 0.1) is 28.4 Å². The molecular weight excluding hydrogens is 618 g/mol. The number of nitrogens with zero attached hydrogens (tertiary/aromatic N) is 5. The Morgan fingerprint density at radius 1 is 1.16 bits per heavy atom. The van der Waals surface area contributed by atoms with E-state index in [1.807, 2.05) is 11.0 Å². The molecule has 1 spiro atoms. The number of anilines is 2. The number of hydrogen-bond donors (Lipinski definition) is 1. The number of nitrogen functional groups attached to an aromatic ring is 1. The van der Waals surface area contributed by atoms with Crippen LogP contribution in [0.1, 0.15) is 43.2 Å². The van der Waals surface area contributed by atoms with E-state index in [0.29, 0.717) is 37.4 Å². The molecule has 14 heteroatoms. The molecule has 234 valence electrons. The van der Waals surface area contributed by atoms with Gasteiger partial charge in [-0.25, -0.2) is 13.2 Å². The monoisotopic (exact) mass is 644 g/mol. The molecule has 4 aromatic rings. The molecule has 2 aromatic carbocycles. The summed E-state index contributed by atoms with van der Waals surface area (Å²) in [6, 6.07) is 4.39. The van der Waals surface area contributed by atoms with E-state index >= 15 is 4.39 Å². The largest absolute Gasteiger partial charge is 0.461 e. The lowest BCUT2D eigenvalue weighted by Gasteiger charge is -2.41. The van der Waals surface area contributed by atoms with E-state index in [9.17, 15) is 27.2 Å². The molecule has 7 nitrogen and oxygen atoms in total. The van der Waals surface area contributed by atoms with Crippen molar-refractivity contribution in [3.8, 4) is 23.2 Å². The van der Waals surface area contributed by atoms with E-state index in [1.54, 1.807) is 4.90 Å². The molecule has 2 aromatic heterocycles. The van der Waals surface area contributed by atoms with Crippen LogP contribution in [0.4, 0.5) is 37.2 Å². The van der Waals surface area contributed by atoms with E-state index in [-0.39, 0.29) is 61.9 Å². The molecule has 0 bridgehead atoms. The fourth-order valence-electron chi connectivity index (χ4n) is 7.55. The second kappa shape index (κ2) is 9.59. The number of aromatic nitrogens is 2. The molecule has 8 rings (SSSR count). The average Bonchev–Trinajstić information content (AvgIpc) is 3.45. The highest BCUT2D eigenvalue weighted by molar-refractivity contribution is 7.23.